The van der Waals surface area contributed by atoms with Crippen molar-refractivity contribution >= 4 is 30.9 Å². The minimum Gasteiger partial charge on any atom is -0.292 e. The van der Waals surface area contributed by atoms with Crippen molar-refractivity contribution in [2.45, 2.75) is 62.4 Å². The molecule has 206 valence electrons. The molecule has 9 heteroatoms. The molecule has 0 bridgehead atoms. The van der Waals surface area contributed by atoms with Crippen molar-refractivity contribution in [3.63, 3.8) is 0 Å². The second-order valence-corrected chi connectivity index (χ2v) is 14.1. The lowest BCUT2D eigenvalue weighted by molar-refractivity contribution is 0.140. The third-order valence-corrected chi connectivity index (χ3v) is 10.9. The molecule has 4 aromatic rings. The van der Waals surface area contributed by atoms with Gasteiger partial charge in [0.1, 0.15) is 0 Å². The summed E-state index contributed by atoms with van der Waals surface area (Å²) in [6.45, 7) is 7.49. The molecule has 2 heterocycles. The second kappa shape index (κ2) is 10.5. The van der Waals surface area contributed by atoms with Crippen LogP contribution in [0.2, 0.25) is 0 Å². The molecule has 1 unspecified atom stereocenters. The molecular weight excluding hydrogens is 530 g/mol. The molecule has 1 aliphatic heterocycles. The summed E-state index contributed by atoms with van der Waals surface area (Å²) >= 11 is 0. The minimum atomic E-state index is -3.76. The van der Waals surface area contributed by atoms with Crippen LogP contribution in [0.5, 0.6) is 0 Å². The lowest BCUT2D eigenvalue weighted by Crippen LogP contribution is -2.33. The number of sulfonamides is 1. The molecule has 0 spiro atoms. The molecule has 1 atom stereocenters. The van der Waals surface area contributed by atoms with Crippen molar-refractivity contribution in [2.24, 2.45) is 0 Å². The van der Waals surface area contributed by atoms with Crippen LogP contribution in [-0.4, -0.2) is 39.3 Å². The number of rotatable bonds is 7. The number of nitrogens with one attached hydrogen (secondary N) is 1. The van der Waals surface area contributed by atoms with Crippen molar-refractivity contribution < 1.29 is 16.8 Å². The molecule has 1 aliphatic rings. The highest BCUT2D eigenvalue weighted by molar-refractivity contribution is 7.90. The van der Waals surface area contributed by atoms with E-state index in [1.807, 2.05) is 38.1 Å². The number of aromatic nitrogens is 1. The van der Waals surface area contributed by atoms with Crippen molar-refractivity contribution in [3.8, 4) is 0 Å². The zero-order valence-electron chi connectivity index (χ0n) is 22.8. The van der Waals surface area contributed by atoms with E-state index in [1.54, 1.807) is 36.5 Å². The predicted octanol–water partition coefficient (Wildman–Crippen LogP) is 5.44. The largest absolute Gasteiger partial charge is 0.292 e. The van der Waals surface area contributed by atoms with Gasteiger partial charge < -0.3 is 0 Å². The fourth-order valence-corrected chi connectivity index (χ4v) is 7.93. The van der Waals surface area contributed by atoms with Gasteiger partial charge in [-0.15, -0.1) is 0 Å². The van der Waals surface area contributed by atoms with Gasteiger partial charge in [0.15, 0.2) is 0 Å². The van der Waals surface area contributed by atoms with Gasteiger partial charge in [0.05, 0.1) is 15.3 Å². The molecule has 5 rings (SSSR count). The van der Waals surface area contributed by atoms with Crippen LogP contribution in [0.4, 0.5) is 0 Å². The topological polar surface area (TPSA) is 88.5 Å². The first kappa shape index (κ1) is 27.6. The molecule has 1 N–H and O–H groups in total. The number of fused-ring (bicyclic) bond motifs is 1. The van der Waals surface area contributed by atoms with Crippen LogP contribution >= 0.6 is 0 Å². The summed E-state index contributed by atoms with van der Waals surface area (Å²) in [5, 5.41) is 0.930. The number of hydrogen-bond acceptors (Lipinski definition) is 5. The van der Waals surface area contributed by atoms with Crippen molar-refractivity contribution in [3.05, 3.63) is 94.7 Å². The maximum atomic E-state index is 13.6. The quantitative estimate of drug-likeness (QED) is 0.322. The molecule has 7 nitrogen and oxygen atoms in total. The summed E-state index contributed by atoms with van der Waals surface area (Å²) in [7, 11) is -5.88. The number of hydrogen-bond donors (Lipinski definition) is 1. The van der Waals surface area contributed by atoms with E-state index in [0.29, 0.717) is 12.1 Å². The number of benzene rings is 3. The van der Waals surface area contributed by atoms with Gasteiger partial charge in [-0.25, -0.2) is 25.5 Å². The first-order valence-electron chi connectivity index (χ1n) is 13.2. The first-order chi connectivity index (χ1) is 18.5. The number of likely N-dealkylation sites (tertiary alicyclic amines) is 1. The van der Waals surface area contributed by atoms with Crippen LogP contribution < -0.4 is 4.72 Å². The minimum absolute atomic E-state index is 0.0693. The second-order valence-electron chi connectivity index (χ2n) is 10.4. The summed E-state index contributed by atoms with van der Waals surface area (Å²) in [4.78, 5) is 2.93. The maximum Gasteiger partial charge on any atom is 0.268 e. The van der Waals surface area contributed by atoms with Crippen LogP contribution in [0.25, 0.3) is 10.9 Å². The fraction of sp³-hybridized carbons (Fsp3) is 0.333. The van der Waals surface area contributed by atoms with Crippen LogP contribution in [0.3, 0.4) is 0 Å². The van der Waals surface area contributed by atoms with Gasteiger partial charge >= 0.3 is 0 Å². The van der Waals surface area contributed by atoms with E-state index in [9.17, 15) is 16.8 Å². The van der Waals surface area contributed by atoms with Gasteiger partial charge in [-0.05, 0) is 99.8 Å². The predicted molar refractivity (Wildman–Crippen MR) is 155 cm³/mol. The average Bonchev–Trinajstić information content (AvgIpc) is 3.38. The van der Waals surface area contributed by atoms with Gasteiger partial charge in [0.25, 0.3) is 10.0 Å². The maximum absolute atomic E-state index is 13.6. The lowest BCUT2D eigenvalue weighted by Gasteiger charge is -2.37. The number of piperidine rings is 1. The Bertz CT molecular complexity index is 1740. The lowest BCUT2D eigenvalue weighted by atomic mass is 9.93. The van der Waals surface area contributed by atoms with E-state index in [0.717, 1.165) is 59.0 Å². The smallest absolute Gasteiger partial charge is 0.268 e. The Morgan fingerprint density at radius 3 is 2.33 bits per heavy atom. The first-order valence-corrected chi connectivity index (χ1v) is 16.1. The molecule has 0 radical (unpaired) electrons. The van der Waals surface area contributed by atoms with Gasteiger partial charge in [0.2, 0.25) is 10.0 Å². The molecule has 0 saturated carbocycles. The molecule has 1 saturated heterocycles. The average molecular weight is 566 g/mol. The Labute approximate surface area is 231 Å². The monoisotopic (exact) mass is 565 g/mol. The molecule has 0 aliphatic carbocycles. The Balaban J connectivity index is 1.55. The van der Waals surface area contributed by atoms with E-state index >= 15 is 0 Å². The highest BCUT2D eigenvalue weighted by Crippen LogP contribution is 2.36. The fourth-order valence-electron chi connectivity index (χ4n) is 5.74. The summed E-state index contributed by atoms with van der Waals surface area (Å²) < 4.78 is 56.0. The van der Waals surface area contributed by atoms with E-state index in [-0.39, 0.29) is 15.8 Å². The molecule has 1 aromatic heterocycles. The van der Waals surface area contributed by atoms with E-state index in [1.165, 1.54) is 11.0 Å². The van der Waals surface area contributed by atoms with Gasteiger partial charge in [0, 0.05) is 24.2 Å². The summed E-state index contributed by atoms with van der Waals surface area (Å²) in [5.41, 5.74) is 5.80. The summed E-state index contributed by atoms with van der Waals surface area (Å²) in [6, 6.07) is 18.2. The molecule has 39 heavy (non-hydrogen) atoms. The van der Waals surface area contributed by atoms with Crippen LogP contribution in [0, 0.1) is 20.8 Å². The molecular formula is C30H35N3O4S2. The highest BCUT2D eigenvalue weighted by Gasteiger charge is 2.28. The van der Waals surface area contributed by atoms with Gasteiger partial charge in [-0.3, -0.25) is 4.90 Å². The number of nitrogens with zero attached hydrogens (tertiary/aromatic N) is 2. The van der Waals surface area contributed by atoms with Crippen molar-refractivity contribution in [1.82, 2.24) is 13.6 Å². The zero-order valence-corrected chi connectivity index (χ0v) is 24.4. The molecule has 1 fully saturated rings. The Morgan fingerprint density at radius 2 is 1.62 bits per heavy atom. The third kappa shape index (κ3) is 5.16. The van der Waals surface area contributed by atoms with Gasteiger partial charge in [-0.2, -0.15) is 0 Å². The van der Waals surface area contributed by atoms with E-state index in [4.69, 9.17) is 0 Å². The Hall–Kier alpha value is -2.98. The Kier molecular flexibility index (Phi) is 7.45. The van der Waals surface area contributed by atoms with Crippen LogP contribution in [-0.2, 0) is 26.6 Å². The standard InChI is InChI=1S/C30H35N3O4S2/c1-21-11-13-25(14-12-21)39(36,37)33-17-15-27-28(22(2)18-23(3)30(27)33)20-32-16-6-5-10-29(32)24-8-7-9-26(19-24)38(34,35)31-4/h7-9,11-15,17-19,29,31H,5-6,10,16,20H2,1-4H3. The Morgan fingerprint density at radius 1 is 0.872 bits per heavy atom. The normalized spacial score (nSPS) is 17.1. The number of aryl methyl sites for hydroxylation is 3. The van der Waals surface area contributed by atoms with Crippen molar-refractivity contribution in [1.29, 1.82) is 0 Å². The van der Waals surface area contributed by atoms with Crippen LogP contribution in [0.1, 0.15) is 53.1 Å². The zero-order chi connectivity index (χ0) is 27.9. The highest BCUT2D eigenvalue weighted by atomic mass is 32.2. The van der Waals surface area contributed by atoms with Gasteiger partial charge in [-0.1, -0.05) is 42.3 Å². The summed E-state index contributed by atoms with van der Waals surface area (Å²) in [6.07, 6.45) is 4.72. The summed E-state index contributed by atoms with van der Waals surface area (Å²) in [5.74, 6) is 0. The van der Waals surface area contributed by atoms with E-state index in [2.05, 4.69) is 22.6 Å². The van der Waals surface area contributed by atoms with Crippen molar-refractivity contribution in [2.75, 3.05) is 13.6 Å². The van der Waals surface area contributed by atoms with E-state index < -0.39 is 20.0 Å². The molecule has 3 aromatic carbocycles. The third-order valence-electron chi connectivity index (χ3n) is 7.83. The molecule has 0 amide bonds. The van der Waals surface area contributed by atoms with Crippen LogP contribution in [0.15, 0.2) is 76.7 Å². The SMILES string of the molecule is CNS(=O)(=O)c1cccc(C2CCCCN2Cc2c(C)cc(C)c3c2ccn3S(=O)(=O)c2ccc(C)cc2)c1.